The number of aromatic nitrogens is 1. The van der Waals surface area contributed by atoms with Crippen molar-refractivity contribution in [1.29, 1.82) is 0 Å². The summed E-state index contributed by atoms with van der Waals surface area (Å²) >= 11 is 0. The third-order valence-electron chi connectivity index (χ3n) is 8.68. The van der Waals surface area contributed by atoms with Crippen molar-refractivity contribution in [2.45, 2.75) is 70.0 Å². The number of hydrogen-bond acceptors (Lipinski definition) is 9. The average Bonchev–Trinajstić information content (AvgIpc) is 3.92. The van der Waals surface area contributed by atoms with Gasteiger partial charge in [0.05, 0.1) is 12.1 Å². The molecule has 1 aromatic carbocycles. The van der Waals surface area contributed by atoms with Gasteiger partial charge >= 0.3 is 12.1 Å². The number of carboxylic acids is 1. The minimum atomic E-state index is -1.17. The number of pyridine rings is 1. The van der Waals surface area contributed by atoms with Crippen molar-refractivity contribution in [3.05, 3.63) is 36.0 Å². The Balaban J connectivity index is 1.28. The van der Waals surface area contributed by atoms with Crippen molar-refractivity contribution >= 4 is 46.6 Å². The number of piperazine rings is 1. The molecule has 2 aromatic rings. The van der Waals surface area contributed by atoms with Crippen LogP contribution in [-0.4, -0.2) is 125 Å². The molecule has 2 saturated heterocycles. The summed E-state index contributed by atoms with van der Waals surface area (Å²) in [6.45, 7) is 2.87. The third kappa shape index (κ3) is 8.69. The van der Waals surface area contributed by atoms with Gasteiger partial charge < -0.3 is 39.9 Å². The second-order valence-electron chi connectivity index (χ2n) is 12.2. The van der Waals surface area contributed by atoms with Gasteiger partial charge in [-0.1, -0.05) is 12.1 Å². The Morgan fingerprint density at radius 2 is 1.71 bits per heavy atom. The number of fused-ring (bicyclic) bond motifs is 1. The molecule has 1 aliphatic carbocycles. The van der Waals surface area contributed by atoms with Crippen LogP contribution in [0.4, 0.5) is 4.79 Å². The molecule has 2 atom stereocenters. The lowest BCUT2D eigenvalue weighted by molar-refractivity contribution is -0.143. The molecule has 0 spiro atoms. The number of piperidine rings is 1. The van der Waals surface area contributed by atoms with Gasteiger partial charge in [0.2, 0.25) is 11.8 Å². The maximum Gasteiger partial charge on any atom is 0.409 e. The van der Waals surface area contributed by atoms with Crippen LogP contribution in [0.3, 0.4) is 0 Å². The Labute approximate surface area is 277 Å². The minimum absolute atomic E-state index is 0.0870. The van der Waals surface area contributed by atoms with E-state index in [0.717, 1.165) is 25.7 Å². The molecule has 3 aliphatic rings. The highest BCUT2D eigenvalue weighted by Gasteiger charge is 2.35. The second kappa shape index (κ2) is 15.8. The molecule has 258 valence electrons. The number of carbonyl (C=O) groups excluding carboxylic acids is 5. The molecule has 2 unspecified atom stereocenters. The molecule has 3 fully saturated rings. The quantitative estimate of drug-likeness (QED) is 0.300. The summed E-state index contributed by atoms with van der Waals surface area (Å²) in [6.07, 6.45) is 3.11. The fourth-order valence-corrected chi connectivity index (χ4v) is 5.93. The molecule has 0 radical (unpaired) electrons. The molecule has 15 nitrogen and oxygen atoms in total. The predicted octanol–water partition coefficient (Wildman–Crippen LogP) is 1.54. The largest absolute Gasteiger partial charge is 0.483 e. The molecule has 5 amide bonds. The highest BCUT2D eigenvalue weighted by atomic mass is 16.6. The van der Waals surface area contributed by atoms with Gasteiger partial charge in [0.15, 0.2) is 6.61 Å². The van der Waals surface area contributed by atoms with E-state index >= 15 is 0 Å². The maximum atomic E-state index is 13.6. The number of amides is 5. The number of likely N-dealkylation sites (tertiary alicyclic amines) is 1. The van der Waals surface area contributed by atoms with Crippen molar-refractivity contribution in [1.82, 2.24) is 30.3 Å². The van der Waals surface area contributed by atoms with Gasteiger partial charge in [0.1, 0.15) is 23.5 Å². The van der Waals surface area contributed by atoms with E-state index in [1.54, 1.807) is 36.1 Å². The Morgan fingerprint density at radius 1 is 0.979 bits per heavy atom. The lowest BCUT2D eigenvalue weighted by Gasteiger charge is -2.35. The van der Waals surface area contributed by atoms with Crippen molar-refractivity contribution in [2.24, 2.45) is 0 Å². The Hall–Kier alpha value is -4.95. The van der Waals surface area contributed by atoms with E-state index < -0.39 is 36.0 Å². The predicted molar refractivity (Wildman–Crippen MR) is 171 cm³/mol. The number of para-hydroxylation sites is 1. The number of aliphatic carboxylic acids is 1. The van der Waals surface area contributed by atoms with E-state index in [9.17, 15) is 33.9 Å². The average molecular weight is 667 g/mol. The Kier molecular flexibility index (Phi) is 11.3. The van der Waals surface area contributed by atoms with Crippen molar-refractivity contribution < 1.29 is 43.3 Å². The summed E-state index contributed by atoms with van der Waals surface area (Å²) in [5.41, 5.74) is 0.326. The van der Waals surface area contributed by atoms with E-state index in [-0.39, 0.29) is 81.5 Å². The van der Waals surface area contributed by atoms with E-state index in [1.165, 1.54) is 15.9 Å². The van der Waals surface area contributed by atoms with Gasteiger partial charge in [0.25, 0.3) is 11.8 Å². The lowest BCUT2D eigenvalue weighted by atomic mass is 10.0. The highest BCUT2D eigenvalue weighted by Crippen LogP contribution is 2.27. The smallest absolute Gasteiger partial charge is 0.409 e. The molecule has 3 N–H and O–H groups in total. The van der Waals surface area contributed by atoms with Crippen LogP contribution in [0.25, 0.3) is 10.9 Å². The number of nitrogens with one attached hydrogen (secondary N) is 2. The number of carboxylic acid groups (broad SMARTS) is 1. The standard InChI is InChI=1S/C33H42N6O9/c1-2-47-33(46)38-17-15-37(16-18-38)32(45)24(12-13-29(41)42)36-30(43)25-19-27(22-7-3-4-8-23(22)35-25)48-20-28(40)39-14-6-5-9-26(39)31(44)34-21-10-11-21/h3-4,7-8,19,21,24,26H,2,5-6,9-18,20H2,1H3,(H,34,44)(H,36,43)(H,41,42). The summed E-state index contributed by atoms with van der Waals surface area (Å²) < 4.78 is 11.0. The zero-order chi connectivity index (χ0) is 34.2. The summed E-state index contributed by atoms with van der Waals surface area (Å²) in [5, 5.41) is 15.5. The first-order valence-corrected chi connectivity index (χ1v) is 16.5. The van der Waals surface area contributed by atoms with Crippen LogP contribution >= 0.6 is 0 Å². The van der Waals surface area contributed by atoms with Crippen LogP contribution in [0.15, 0.2) is 30.3 Å². The molecule has 1 aromatic heterocycles. The number of rotatable bonds is 12. The second-order valence-corrected chi connectivity index (χ2v) is 12.2. The van der Waals surface area contributed by atoms with E-state index in [1.807, 2.05) is 0 Å². The fraction of sp³-hybridized carbons (Fsp3) is 0.545. The zero-order valence-corrected chi connectivity index (χ0v) is 27.0. The molecule has 0 bridgehead atoms. The monoisotopic (exact) mass is 666 g/mol. The molecule has 3 heterocycles. The molecule has 48 heavy (non-hydrogen) atoms. The number of ether oxygens (including phenoxy) is 2. The summed E-state index contributed by atoms with van der Waals surface area (Å²) in [6, 6.07) is 6.77. The number of hydrogen-bond donors (Lipinski definition) is 3. The Bertz CT molecular complexity index is 1540. The van der Waals surface area contributed by atoms with Gasteiger partial charge in [-0.25, -0.2) is 9.78 Å². The van der Waals surface area contributed by atoms with E-state index in [0.29, 0.717) is 23.9 Å². The van der Waals surface area contributed by atoms with Crippen LogP contribution in [0.1, 0.15) is 62.4 Å². The van der Waals surface area contributed by atoms with Gasteiger partial charge in [-0.2, -0.15) is 0 Å². The maximum absolute atomic E-state index is 13.6. The van der Waals surface area contributed by atoms with Gasteiger partial charge in [-0.05, 0) is 57.6 Å². The Morgan fingerprint density at radius 3 is 2.42 bits per heavy atom. The van der Waals surface area contributed by atoms with Crippen LogP contribution in [0, 0.1) is 0 Å². The summed E-state index contributed by atoms with van der Waals surface area (Å²) in [5.74, 6) is -2.60. The minimum Gasteiger partial charge on any atom is -0.483 e. The fourth-order valence-electron chi connectivity index (χ4n) is 5.93. The summed E-state index contributed by atoms with van der Waals surface area (Å²) in [4.78, 5) is 85.7. The van der Waals surface area contributed by atoms with Crippen LogP contribution < -0.4 is 15.4 Å². The number of nitrogens with zero attached hydrogens (tertiary/aromatic N) is 4. The normalized spacial score (nSPS) is 18.5. The van der Waals surface area contributed by atoms with Gasteiger partial charge in [-0.3, -0.25) is 24.0 Å². The third-order valence-corrected chi connectivity index (χ3v) is 8.68. The summed E-state index contributed by atoms with van der Waals surface area (Å²) in [7, 11) is 0. The molecular formula is C33H42N6O9. The topological polar surface area (TPSA) is 188 Å². The van der Waals surface area contributed by atoms with Crippen molar-refractivity contribution in [3.8, 4) is 5.75 Å². The van der Waals surface area contributed by atoms with Gasteiger partial charge in [0, 0.05) is 56.6 Å². The number of benzene rings is 1. The first-order valence-electron chi connectivity index (χ1n) is 16.5. The van der Waals surface area contributed by atoms with Crippen molar-refractivity contribution in [3.63, 3.8) is 0 Å². The molecule has 1 saturated carbocycles. The van der Waals surface area contributed by atoms with Crippen LogP contribution in [-0.2, 0) is 23.9 Å². The van der Waals surface area contributed by atoms with E-state index in [2.05, 4.69) is 15.6 Å². The first kappa shape index (κ1) is 34.4. The van der Waals surface area contributed by atoms with E-state index in [4.69, 9.17) is 9.47 Å². The molecule has 15 heteroatoms. The van der Waals surface area contributed by atoms with Gasteiger partial charge in [-0.15, -0.1) is 0 Å². The molecule has 2 aliphatic heterocycles. The highest BCUT2D eigenvalue weighted by molar-refractivity contribution is 5.99. The first-order chi connectivity index (χ1) is 23.1. The SMILES string of the molecule is CCOC(=O)N1CCN(C(=O)C(CCC(=O)O)NC(=O)c2cc(OCC(=O)N3CCCCC3C(=O)NC3CC3)c3ccccc3n2)CC1. The molecular weight excluding hydrogens is 624 g/mol. The van der Waals surface area contributed by atoms with Crippen LogP contribution in [0.2, 0.25) is 0 Å². The van der Waals surface area contributed by atoms with Crippen molar-refractivity contribution in [2.75, 3.05) is 45.9 Å². The molecule has 5 rings (SSSR count). The van der Waals surface area contributed by atoms with Crippen LogP contribution in [0.5, 0.6) is 5.75 Å². The number of carbonyl (C=O) groups is 6. The lowest BCUT2D eigenvalue weighted by Crippen LogP contribution is -2.56. The zero-order valence-electron chi connectivity index (χ0n) is 27.0.